The zero-order valence-corrected chi connectivity index (χ0v) is 24.7. The number of ether oxygens (including phenoxy) is 1. The predicted octanol–water partition coefficient (Wildman–Crippen LogP) is 7.40. The van der Waals surface area contributed by atoms with Crippen molar-refractivity contribution >= 4 is 17.7 Å². The van der Waals surface area contributed by atoms with Crippen LogP contribution >= 0.6 is 11.8 Å². The lowest BCUT2D eigenvalue weighted by atomic mass is 9.69. The van der Waals surface area contributed by atoms with E-state index >= 15 is 0 Å². The first kappa shape index (κ1) is 29.0. The summed E-state index contributed by atoms with van der Waals surface area (Å²) in [5, 5.41) is 10.8. The second-order valence-electron chi connectivity index (χ2n) is 10.7. The van der Waals surface area contributed by atoms with Gasteiger partial charge in [-0.05, 0) is 96.0 Å². The largest absolute Gasteiger partial charge is 0.469 e. The Labute approximate surface area is 238 Å². The Morgan fingerprint density at radius 2 is 1.56 bits per heavy atom. The Hall–Kier alpha value is -3.00. The molecular weight excluding hydrogens is 500 g/mol. The molecule has 0 saturated carbocycles. The summed E-state index contributed by atoms with van der Waals surface area (Å²) in [5.41, 5.74) is 8.36. The van der Waals surface area contributed by atoms with E-state index in [9.17, 15) is 9.90 Å². The van der Waals surface area contributed by atoms with Crippen LogP contribution in [0.3, 0.4) is 0 Å². The van der Waals surface area contributed by atoms with Crippen LogP contribution in [0.1, 0.15) is 72.9 Å². The number of rotatable bonds is 7. The van der Waals surface area contributed by atoms with Gasteiger partial charge in [0.15, 0.2) is 0 Å². The Morgan fingerprint density at radius 3 is 2.13 bits per heavy atom. The van der Waals surface area contributed by atoms with E-state index in [-0.39, 0.29) is 17.8 Å². The number of esters is 1. The topological polar surface area (TPSA) is 46.5 Å². The van der Waals surface area contributed by atoms with E-state index in [2.05, 4.69) is 88.1 Å². The minimum absolute atomic E-state index is 0.0941. The summed E-state index contributed by atoms with van der Waals surface area (Å²) < 4.78 is 4.79. The first-order valence-corrected chi connectivity index (χ1v) is 15.1. The summed E-state index contributed by atoms with van der Waals surface area (Å²) in [5.74, 6) is 8.19. The number of aliphatic hydroxyl groups is 1. The fraction of sp³-hybridized carbons (Fsp3) is 0.400. The van der Waals surface area contributed by atoms with Gasteiger partial charge in [0.25, 0.3) is 0 Å². The lowest BCUT2D eigenvalue weighted by Gasteiger charge is -2.34. The van der Waals surface area contributed by atoms with E-state index in [4.69, 9.17) is 4.74 Å². The van der Waals surface area contributed by atoms with Gasteiger partial charge in [-0.1, -0.05) is 80.3 Å². The van der Waals surface area contributed by atoms with Crippen molar-refractivity contribution in [3.8, 4) is 23.0 Å². The van der Waals surface area contributed by atoms with Crippen molar-refractivity contribution in [2.75, 3.05) is 18.6 Å². The molecule has 4 heteroatoms. The molecular formula is C35H40O3S. The third kappa shape index (κ3) is 6.43. The van der Waals surface area contributed by atoms with Crippen LogP contribution in [0.5, 0.6) is 0 Å². The Morgan fingerprint density at radius 1 is 0.949 bits per heavy atom. The number of carbonyl (C=O) groups excluding carboxylic acids is 1. The van der Waals surface area contributed by atoms with E-state index in [0.29, 0.717) is 0 Å². The minimum atomic E-state index is -0.853. The van der Waals surface area contributed by atoms with Crippen molar-refractivity contribution in [1.29, 1.82) is 0 Å². The molecule has 0 spiro atoms. The lowest BCUT2D eigenvalue weighted by Crippen LogP contribution is -2.31. The second kappa shape index (κ2) is 12.5. The number of benzene rings is 3. The summed E-state index contributed by atoms with van der Waals surface area (Å²) in [6, 6.07) is 21.7. The first-order valence-electron chi connectivity index (χ1n) is 14.0. The van der Waals surface area contributed by atoms with E-state index in [1.807, 2.05) is 23.9 Å². The second-order valence-corrected chi connectivity index (χ2v) is 11.9. The molecule has 1 aliphatic heterocycles. The van der Waals surface area contributed by atoms with Gasteiger partial charge in [-0.15, -0.1) is 0 Å². The molecule has 39 heavy (non-hydrogen) atoms. The Kier molecular flexibility index (Phi) is 9.26. The van der Waals surface area contributed by atoms with Crippen LogP contribution < -0.4 is 0 Å². The van der Waals surface area contributed by atoms with Gasteiger partial charge >= 0.3 is 5.97 Å². The smallest absolute Gasteiger partial charge is 0.309 e. The summed E-state index contributed by atoms with van der Waals surface area (Å²) in [7, 11) is 1.42. The number of aryl methyl sites for hydroxylation is 2. The molecule has 1 fully saturated rings. The molecule has 1 saturated heterocycles. The molecule has 3 aromatic carbocycles. The molecule has 3 nitrogen and oxygen atoms in total. The third-order valence-corrected chi connectivity index (χ3v) is 9.34. The van der Waals surface area contributed by atoms with Crippen LogP contribution in [0.25, 0.3) is 11.1 Å². The quantitative estimate of drug-likeness (QED) is 0.251. The number of hydrogen-bond donors (Lipinski definition) is 1. The van der Waals surface area contributed by atoms with Gasteiger partial charge < -0.3 is 9.84 Å². The molecule has 204 valence electrons. The summed E-state index contributed by atoms with van der Waals surface area (Å²) in [6.07, 6.45) is 3.75. The van der Waals surface area contributed by atoms with E-state index in [0.717, 1.165) is 59.4 Å². The molecule has 3 aromatic rings. The number of carbonyl (C=O) groups is 1. The van der Waals surface area contributed by atoms with Gasteiger partial charge in [-0.2, -0.15) is 11.8 Å². The van der Waals surface area contributed by atoms with E-state index < -0.39 is 5.60 Å². The highest BCUT2D eigenvalue weighted by Gasteiger charge is 2.31. The number of hydrogen-bond acceptors (Lipinski definition) is 4. The normalized spacial score (nSPS) is 14.8. The molecule has 0 aliphatic carbocycles. The molecule has 1 aliphatic rings. The molecule has 0 amide bonds. The molecule has 0 aromatic heterocycles. The zero-order valence-electron chi connectivity index (χ0n) is 23.9. The van der Waals surface area contributed by atoms with Gasteiger partial charge in [-0.3, -0.25) is 4.79 Å². The summed E-state index contributed by atoms with van der Waals surface area (Å²) in [6.45, 7) is 8.84. The number of methoxy groups -OCH3 is 1. The van der Waals surface area contributed by atoms with Crippen molar-refractivity contribution < 1.29 is 14.6 Å². The zero-order chi connectivity index (χ0) is 28.0. The van der Waals surface area contributed by atoms with Crippen LogP contribution in [0, 0.1) is 25.7 Å². The maximum Gasteiger partial charge on any atom is 0.309 e. The maximum atomic E-state index is 11.6. The number of thioether (sulfide) groups is 1. The maximum absolute atomic E-state index is 11.6. The average molecular weight is 541 g/mol. The lowest BCUT2D eigenvalue weighted by molar-refractivity contribution is -0.139. The highest BCUT2D eigenvalue weighted by atomic mass is 32.2. The average Bonchev–Trinajstić information content (AvgIpc) is 2.94. The molecule has 0 atom stereocenters. The Balaban J connectivity index is 1.62. The van der Waals surface area contributed by atoms with Gasteiger partial charge in [0.2, 0.25) is 0 Å². The molecule has 1 heterocycles. The van der Waals surface area contributed by atoms with Crippen molar-refractivity contribution in [3.63, 3.8) is 0 Å². The van der Waals surface area contributed by atoms with E-state index in [1.165, 1.54) is 29.4 Å². The predicted molar refractivity (Wildman–Crippen MR) is 163 cm³/mol. The molecule has 4 rings (SSSR count). The van der Waals surface area contributed by atoms with Gasteiger partial charge in [-0.25, -0.2) is 0 Å². The minimum Gasteiger partial charge on any atom is -0.469 e. The SMILES string of the molecule is CCC(CC)(c1ccc(C#CC2(O)CCSCC2)c(C)c1)c1ccc(-c2ccc(CC(=O)OC)cc2)c(C)c1. The monoisotopic (exact) mass is 540 g/mol. The van der Waals surface area contributed by atoms with Gasteiger partial charge in [0.05, 0.1) is 13.5 Å². The third-order valence-electron chi connectivity index (χ3n) is 8.36. The van der Waals surface area contributed by atoms with Crippen molar-refractivity contribution in [1.82, 2.24) is 0 Å². The van der Waals surface area contributed by atoms with Crippen molar-refractivity contribution in [2.45, 2.75) is 70.8 Å². The van der Waals surface area contributed by atoms with E-state index in [1.54, 1.807) is 0 Å². The van der Waals surface area contributed by atoms with Crippen LogP contribution in [0.4, 0.5) is 0 Å². The van der Waals surface area contributed by atoms with Crippen LogP contribution in [-0.4, -0.2) is 35.3 Å². The standard InChI is InChI=1S/C35H40O3S/c1-6-35(7-2,30-13-12-28(25(3)22-30)16-17-34(37)18-20-39-21-19-34)31-14-15-32(26(4)23-31)29-10-8-27(9-11-29)24-33(36)38-5/h8-15,22-23,37H,6-7,18-21,24H2,1-5H3. The molecule has 0 radical (unpaired) electrons. The fourth-order valence-electron chi connectivity index (χ4n) is 5.68. The van der Waals surface area contributed by atoms with Crippen LogP contribution in [0.2, 0.25) is 0 Å². The van der Waals surface area contributed by atoms with Crippen molar-refractivity contribution in [3.05, 3.63) is 94.0 Å². The highest BCUT2D eigenvalue weighted by Crippen LogP contribution is 2.41. The molecule has 0 unspecified atom stereocenters. The summed E-state index contributed by atoms with van der Waals surface area (Å²) in [4.78, 5) is 11.6. The van der Waals surface area contributed by atoms with Crippen molar-refractivity contribution in [2.24, 2.45) is 0 Å². The summed E-state index contributed by atoms with van der Waals surface area (Å²) >= 11 is 1.89. The van der Waals surface area contributed by atoms with Crippen LogP contribution in [0.15, 0.2) is 60.7 Å². The molecule has 0 bridgehead atoms. The molecule has 1 N–H and O–H groups in total. The van der Waals surface area contributed by atoms with Crippen LogP contribution in [-0.2, 0) is 21.4 Å². The van der Waals surface area contributed by atoms with Gasteiger partial charge in [0.1, 0.15) is 5.60 Å². The first-order chi connectivity index (χ1) is 18.7. The Bertz CT molecular complexity index is 1370. The fourth-order valence-corrected chi connectivity index (χ4v) is 6.85. The highest BCUT2D eigenvalue weighted by molar-refractivity contribution is 7.99. The van der Waals surface area contributed by atoms with Gasteiger partial charge in [0, 0.05) is 11.0 Å².